The number of halogens is 1. The molecule has 2 rings (SSSR count). The Labute approximate surface area is 153 Å². The summed E-state index contributed by atoms with van der Waals surface area (Å²) in [5.41, 5.74) is 7.91. The topological polar surface area (TPSA) is 116 Å². The van der Waals surface area contributed by atoms with Gasteiger partial charge in [0.25, 0.3) is 5.91 Å². The third kappa shape index (κ3) is 4.93. The Kier molecular flexibility index (Phi) is 6.36. The minimum absolute atomic E-state index is 0.223. The number of nitrogens with one attached hydrogen (secondary N) is 3. The van der Waals surface area contributed by atoms with Gasteiger partial charge in [-0.15, -0.1) is 0 Å². The number of hydrazine groups is 1. The van der Waals surface area contributed by atoms with Gasteiger partial charge >= 0.3 is 0 Å². The zero-order valence-corrected chi connectivity index (χ0v) is 15.6. The number of carbonyl (C=O) groups is 2. The van der Waals surface area contributed by atoms with E-state index in [2.05, 4.69) is 42.9 Å². The van der Waals surface area contributed by atoms with Gasteiger partial charge < -0.3 is 4.98 Å². The van der Waals surface area contributed by atoms with Crippen molar-refractivity contribution in [3.05, 3.63) is 39.4 Å². The molecule has 0 unspecified atom stereocenters. The lowest BCUT2D eigenvalue weighted by Gasteiger charge is -2.07. The second kappa shape index (κ2) is 8.48. The molecule has 0 atom stereocenters. The van der Waals surface area contributed by atoms with Crippen LogP contribution in [0.5, 0.6) is 0 Å². The van der Waals surface area contributed by atoms with Crippen molar-refractivity contribution in [3.8, 4) is 6.07 Å². The molecule has 132 valence electrons. The van der Waals surface area contributed by atoms with Gasteiger partial charge in [0.15, 0.2) is 0 Å². The zero-order chi connectivity index (χ0) is 18.4. The minimum atomic E-state index is -0.421. The van der Waals surface area contributed by atoms with Gasteiger partial charge in [-0.2, -0.15) is 10.4 Å². The van der Waals surface area contributed by atoms with E-state index in [1.54, 1.807) is 16.9 Å². The summed E-state index contributed by atoms with van der Waals surface area (Å²) < 4.78 is 2.54. The lowest BCUT2D eigenvalue weighted by molar-refractivity contribution is -0.121. The highest BCUT2D eigenvalue weighted by Gasteiger charge is 2.14. The first-order chi connectivity index (χ1) is 11.9. The van der Waals surface area contributed by atoms with Crippen LogP contribution in [0.2, 0.25) is 0 Å². The van der Waals surface area contributed by atoms with Crippen LogP contribution in [-0.2, 0) is 17.8 Å². The molecule has 2 aromatic heterocycles. The molecule has 0 aromatic carbocycles. The monoisotopic (exact) mass is 406 g/mol. The van der Waals surface area contributed by atoms with Crippen LogP contribution in [0, 0.1) is 25.2 Å². The van der Waals surface area contributed by atoms with Crippen LogP contribution >= 0.6 is 15.9 Å². The Hall–Kier alpha value is -2.60. The predicted molar refractivity (Wildman–Crippen MR) is 94.4 cm³/mol. The highest BCUT2D eigenvalue weighted by atomic mass is 79.9. The number of amides is 2. The summed E-state index contributed by atoms with van der Waals surface area (Å²) >= 11 is 3.24. The Morgan fingerprint density at radius 2 is 2.16 bits per heavy atom. The molecule has 8 nitrogen and oxygen atoms in total. The van der Waals surface area contributed by atoms with Crippen LogP contribution < -0.4 is 10.9 Å². The molecule has 0 saturated heterocycles. The molecule has 0 saturated carbocycles. The van der Waals surface area contributed by atoms with Crippen LogP contribution in [0.1, 0.15) is 40.3 Å². The van der Waals surface area contributed by atoms with Crippen molar-refractivity contribution in [1.82, 2.24) is 25.6 Å². The van der Waals surface area contributed by atoms with E-state index in [1.165, 1.54) is 0 Å². The van der Waals surface area contributed by atoms with Gasteiger partial charge in [-0.05, 0) is 47.8 Å². The van der Waals surface area contributed by atoms with Crippen molar-refractivity contribution < 1.29 is 9.59 Å². The van der Waals surface area contributed by atoms with Crippen molar-refractivity contribution in [2.45, 2.75) is 39.7 Å². The Morgan fingerprint density at radius 1 is 1.40 bits per heavy atom. The second-order valence-electron chi connectivity index (χ2n) is 5.51. The van der Waals surface area contributed by atoms with Gasteiger partial charge in [0.05, 0.1) is 24.7 Å². The molecule has 0 aliphatic rings. The molecule has 25 heavy (non-hydrogen) atoms. The summed E-state index contributed by atoms with van der Waals surface area (Å²) in [5.74, 6) is -0.710. The molecule has 2 aromatic rings. The minimum Gasteiger partial charge on any atom is -0.356 e. The van der Waals surface area contributed by atoms with Crippen molar-refractivity contribution in [1.29, 1.82) is 5.26 Å². The van der Waals surface area contributed by atoms with Crippen LogP contribution in [0.3, 0.4) is 0 Å². The fraction of sp³-hybridized carbons (Fsp3) is 0.375. The molecule has 9 heteroatoms. The maximum atomic E-state index is 11.9. The summed E-state index contributed by atoms with van der Waals surface area (Å²) in [6.07, 6.45) is 2.76. The standard InChI is InChI=1S/C16H19BrN6O2/c1-10-13(11(2)23(22-10)7-3-6-18)4-5-15(24)20-21-16(25)14-8-12(17)9-19-14/h8-9,19H,3-5,7H2,1-2H3,(H,20,24)(H,21,25). The molecule has 0 aliphatic heterocycles. The molecule has 0 aliphatic carbocycles. The quantitative estimate of drug-likeness (QED) is 0.635. The fourth-order valence-electron chi connectivity index (χ4n) is 2.46. The number of rotatable bonds is 6. The molecule has 0 radical (unpaired) electrons. The molecule has 0 bridgehead atoms. The van der Waals surface area contributed by atoms with E-state index < -0.39 is 5.91 Å². The first-order valence-corrected chi connectivity index (χ1v) is 8.54. The van der Waals surface area contributed by atoms with E-state index in [1.807, 2.05) is 13.8 Å². The first kappa shape index (κ1) is 18.7. The Balaban J connectivity index is 1.85. The molecule has 0 fully saturated rings. The Bertz CT molecular complexity index is 817. The number of aromatic amines is 1. The van der Waals surface area contributed by atoms with Crippen LogP contribution in [0.15, 0.2) is 16.7 Å². The largest absolute Gasteiger partial charge is 0.356 e. The highest BCUT2D eigenvalue weighted by molar-refractivity contribution is 9.10. The van der Waals surface area contributed by atoms with Crippen molar-refractivity contribution in [2.75, 3.05) is 0 Å². The maximum Gasteiger partial charge on any atom is 0.286 e. The zero-order valence-electron chi connectivity index (χ0n) is 14.0. The normalized spacial score (nSPS) is 10.3. The summed E-state index contributed by atoms with van der Waals surface area (Å²) in [4.78, 5) is 26.6. The third-order valence-corrected chi connectivity index (χ3v) is 4.23. The van der Waals surface area contributed by atoms with Crippen LogP contribution in [0.25, 0.3) is 0 Å². The Morgan fingerprint density at radius 3 is 2.80 bits per heavy atom. The van der Waals surface area contributed by atoms with Crippen LogP contribution in [-0.4, -0.2) is 26.6 Å². The number of H-pyrrole nitrogens is 1. The number of aromatic nitrogens is 3. The van der Waals surface area contributed by atoms with Gasteiger partial charge in [-0.1, -0.05) is 0 Å². The number of nitrogens with zero attached hydrogens (tertiary/aromatic N) is 3. The predicted octanol–water partition coefficient (Wildman–Crippen LogP) is 1.90. The molecule has 0 spiro atoms. The highest BCUT2D eigenvalue weighted by Crippen LogP contribution is 2.15. The smallest absolute Gasteiger partial charge is 0.286 e. The third-order valence-electron chi connectivity index (χ3n) is 3.78. The van der Waals surface area contributed by atoms with E-state index >= 15 is 0 Å². The van der Waals surface area contributed by atoms with Crippen molar-refractivity contribution >= 4 is 27.7 Å². The maximum absolute atomic E-state index is 11.9. The molecule has 3 N–H and O–H groups in total. The fourth-order valence-corrected chi connectivity index (χ4v) is 2.81. The number of nitriles is 1. The number of aryl methyl sites for hydroxylation is 2. The van der Waals surface area contributed by atoms with Crippen LogP contribution in [0.4, 0.5) is 0 Å². The second-order valence-corrected chi connectivity index (χ2v) is 6.43. The van der Waals surface area contributed by atoms with E-state index in [9.17, 15) is 9.59 Å². The number of hydrogen-bond acceptors (Lipinski definition) is 4. The lowest BCUT2D eigenvalue weighted by atomic mass is 10.1. The molecule has 2 heterocycles. The van der Waals surface area contributed by atoms with Gasteiger partial charge in [0, 0.05) is 22.8 Å². The number of carbonyl (C=O) groups excluding carboxylic acids is 2. The van der Waals surface area contributed by atoms with E-state index in [4.69, 9.17) is 5.26 Å². The molecular weight excluding hydrogens is 388 g/mol. The lowest BCUT2D eigenvalue weighted by Crippen LogP contribution is -2.41. The summed E-state index contributed by atoms with van der Waals surface area (Å²) in [5, 5.41) is 13.1. The SMILES string of the molecule is Cc1nn(CCC#N)c(C)c1CCC(=O)NNC(=O)c1cc(Br)c[nH]1. The number of hydrogen-bond donors (Lipinski definition) is 3. The van der Waals surface area contributed by atoms with Gasteiger partial charge in [0.1, 0.15) is 5.69 Å². The average molecular weight is 407 g/mol. The first-order valence-electron chi connectivity index (χ1n) is 7.75. The van der Waals surface area contributed by atoms with E-state index in [-0.39, 0.29) is 12.3 Å². The molecule has 2 amide bonds. The van der Waals surface area contributed by atoms with Crippen molar-refractivity contribution in [2.24, 2.45) is 0 Å². The van der Waals surface area contributed by atoms with E-state index in [0.29, 0.717) is 25.1 Å². The molecular formula is C16H19BrN6O2. The van der Waals surface area contributed by atoms with E-state index in [0.717, 1.165) is 21.4 Å². The van der Waals surface area contributed by atoms with Gasteiger partial charge in [-0.3, -0.25) is 25.1 Å². The van der Waals surface area contributed by atoms with Crippen molar-refractivity contribution in [3.63, 3.8) is 0 Å². The van der Waals surface area contributed by atoms with Gasteiger partial charge in [-0.25, -0.2) is 0 Å². The summed E-state index contributed by atoms with van der Waals surface area (Å²) in [6, 6.07) is 3.71. The summed E-state index contributed by atoms with van der Waals surface area (Å²) in [6.45, 7) is 4.35. The average Bonchev–Trinajstić information content (AvgIpc) is 3.13. The van der Waals surface area contributed by atoms with Gasteiger partial charge in [0.2, 0.25) is 5.91 Å². The summed E-state index contributed by atoms with van der Waals surface area (Å²) in [7, 11) is 0.